The first-order valence-corrected chi connectivity index (χ1v) is 8.06. The lowest BCUT2D eigenvalue weighted by Crippen LogP contribution is -2.51. The lowest BCUT2D eigenvalue weighted by atomic mass is 9.85. The molecule has 100 valence electrons. The Bertz CT molecular complexity index is 368. The molecule has 2 saturated heterocycles. The molecular formula is C14H23N3S. The second kappa shape index (κ2) is 5.27. The maximum absolute atomic E-state index is 4.40. The van der Waals surface area contributed by atoms with Crippen LogP contribution in [-0.2, 0) is 6.54 Å². The smallest absolute Gasteiger partial charge is 0.107 e. The van der Waals surface area contributed by atoms with Gasteiger partial charge in [-0.25, -0.2) is 4.98 Å². The summed E-state index contributed by atoms with van der Waals surface area (Å²) < 4.78 is 0. The molecule has 2 fully saturated rings. The Morgan fingerprint density at radius 1 is 1.28 bits per heavy atom. The van der Waals surface area contributed by atoms with Crippen LogP contribution in [0.1, 0.15) is 37.6 Å². The first-order chi connectivity index (χ1) is 8.82. The Labute approximate surface area is 114 Å². The third kappa shape index (κ3) is 2.33. The summed E-state index contributed by atoms with van der Waals surface area (Å²) in [5.74, 6) is 0. The molecule has 0 amide bonds. The largest absolute Gasteiger partial charge is 0.298 e. The summed E-state index contributed by atoms with van der Waals surface area (Å²) in [7, 11) is 0. The monoisotopic (exact) mass is 265 g/mol. The van der Waals surface area contributed by atoms with Gasteiger partial charge < -0.3 is 0 Å². The number of piperidine rings is 1. The standard InChI is InChI=1S/C14H23N3S/c1-2-17-8-3-4-14(17)5-9-16(10-6-14)12-13-15-7-11-18-13/h7,11H,2-6,8-10,12H2,1H3. The van der Waals surface area contributed by atoms with Gasteiger partial charge in [0.2, 0.25) is 0 Å². The fourth-order valence-corrected chi connectivity index (χ4v) is 4.36. The van der Waals surface area contributed by atoms with E-state index < -0.39 is 0 Å². The number of aromatic nitrogens is 1. The summed E-state index contributed by atoms with van der Waals surface area (Å²) in [6, 6.07) is 0. The maximum atomic E-state index is 4.40. The second-order valence-electron chi connectivity index (χ2n) is 5.61. The average molecular weight is 265 g/mol. The van der Waals surface area contributed by atoms with Crippen molar-refractivity contribution in [2.75, 3.05) is 26.2 Å². The highest BCUT2D eigenvalue weighted by Gasteiger charge is 2.41. The molecule has 1 aromatic rings. The molecule has 0 N–H and O–H groups in total. The Morgan fingerprint density at radius 2 is 2.11 bits per heavy atom. The molecule has 1 aromatic heterocycles. The van der Waals surface area contributed by atoms with Crippen LogP contribution in [0, 0.1) is 0 Å². The molecule has 3 rings (SSSR count). The highest BCUT2D eigenvalue weighted by atomic mass is 32.1. The third-order valence-corrected chi connectivity index (χ3v) is 5.52. The Balaban J connectivity index is 1.57. The van der Waals surface area contributed by atoms with Crippen molar-refractivity contribution in [2.45, 2.75) is 44.7 Å². The predicted octanol–water partition coefficient (Wildman–Crippen LogP) is 2.59. The van der Waals surface area contributed by atoms with E-state index in [0.717, 1.165) is 6.54 Å². The van der Waals surface area contributed by atoms with E-state index in [-0.39, 0.29) is 0 Å². The summed E-state index contributed by atoms with van der Waals surface area (Å²) >= 11 is 1.78. The van der Waals surface area contributed by atoms with E-state index in [0.29, 0.717) is 5.54 Å². The van der Waals surface area contributed by atoms with Crippen molar-refractivity contribution in [1.82, 2.24) is 14.8 Å². The van der Waals surface area contributed by atoms with E-state index in [1.54, 1.807) is 11.3 Å². The van der Waals surface area contributed by atoms with E-state index in [4.69, 9.17) is 0 Å². The molecule has 3 nitrogen and oxygen atoms in total. The van der Waals surface area contributed by atoms with E-state index in [2.05, 4.69) is 27.1 Å². The van der Waals surface area contributed by atoms with Gasteiger partial charge in [-0.15, -0.1) is 11.3 Å². The summed E-state index contributed by atoms with van der Waals surface area (Å²) in [6.07, 6.45) is 7.45. The molecule has 2 aliphatic rings. The van der Waals surface area contributed by atoms with Crippen molar-refractivity contribution in [2.24, 2.45) is 0 Å². The summed E-state index contributed by atoms with van der Waals surface area (Å²) in [4.78, 5) is 9.71. The number of thiazole rings is 1. The maximum Gasteiger partial charge on any atom is 0.107 e. The first-order valence-electron chi connectivity index (χ1n) is 7.18. The number of hydrogen-bond acceptors (Lipinski definition) is 4. The quantitative estimate of drug-likeness (QED) is 0.837. The van der Waals surface area contributed by atoms with Crippen LogP contribution < -0.4 is 0 Å². The molecule has 2 aliphatic heterocycles. The van der Waals surface area contributed by atoms with Crippen molar-refractivity contribution in [3.8, 4) is 0 Å². The van der Waals surface area contributed by atoms with E-state index >= 15 is 0 Å². The van der Waals surface area contributed by atoms with Gasteiger partial charge in [-0.1, -0.05) is 6.92 Å². The van der Waals surface area contributed by atoms with Crippen LogP contribution in [0.2, 0.25) is 0 Å². The highest BCUT2D eigenvalue weighted by Crippen LogP contribution is 2.38. The van der Waals surface area contributed by atoms with E-state index in [1.165, 1.54) is 56.9 Å². The van der Waals surface area contributed by atoms with Gasteiger partial charge >= 0.3 is 0 Å². The molecule has 0 unspecified atom stereocenters. The number of rotatable bonds is 3. The molecule has 4 heteroatoms. The molecule has 18 heavy (non-hydrogen) atoms. The van der Waals surface area contributed by atoms with Crippen LogP contribution in [0.25, 0.3) is 0 Å². The van der Waals surface area contributed by atoms with Crippen LogP contribution in [0.5, 0.6) is 0 Å². The van der Waals surface area contributed by atoms with Crippen LogP contribution in [0.3, 0.4) is 0 Å². The summed E-state index contributed by atoms with van der Waals surface area (Å²) in [5, 5.41) is 3.35. The Kier molecular flexibility index (Phi) is 3.68. The zero-order chi connectivity index (χ0) is 12.4. The minimum atomic E-state index is 0.550. The van der Waals surface area contributed by atoms with Crippen molar-refractivity contribution >= 4 is 11.3 Å². The Hall–Kier alpha value is -0.450. The average Bonchev–Trinajstić information content (AvgIpc) is 3.02. The molecule has 1 spiro atoms. The van der Waals surface area contributed by atoms with Gasteiger partial charge in [-0.2, -0.15) is 0 Å². The molecule has 0 aromatic carbocycles. The van der Waals surface area contributed by atoms with Crippen LogP contribution in [0.4, 0.5) is 0 Å². The zero-order valence-electron chi connectivity index (χ0n) is 11.3. The van der Waals surface area contributed by atoms with Gasteiger partial charge in [0, 0.05) is 30.2 Å². The van der Waals surface area contributed by atoms with Crippen molar-refractivity contribution < 1.29 is 0 Å². The van der Waals surface area contributed by atoms with Crippen LogP contribution in [0.15, 0.2) is 11.6 Å². The Morgan fingerprint density at radius 3 is 2.78 bits per heavy atom. The van der Waals surface area contributed by atoms with Gasteiger partial charge in [0.1, 0.15) is 5.01 Å². The fraction of sp³-hybridized carbons (Fsp3) is 0.786. The van der Waals surface area contributed by atoms with Crippen LogP contribution in [-0.4, -0.2) is 46.5 Å². The second-order valence-corrected chi connectivity index (χ2v) is 6.59. The van der Waals surface area contributed by atoms with E-state index in [9.17, 15) is 0 Å². The highest BCUT2D eigenvalue weighted by molar-refractivity contribution is 7.09. The molecule has 0 bridgehead atoms. The minimum absolute atomic E-state index is 0.550. The molecular weight excluding hydrogens is 242 g/mol. The lowest BCUT2D eigenvalue weighted by molar-refractivity contribution is 0.0537. The van der Waals surface area contributed by atoms with Gasteiger partial charge in [0.25, 0.3) is 0 Å². The van der Waals surface area contributed by atoms with Crippen molar-refractivity contribution in [3.05, 3.63) is 16.6 Å². The molecule has 0 saturated carbocycles. The first kappa shape index (κ1) is 12.6. The third-order valence-electron chi connectivity index (χ3n) is 4.75. The van der Waals surface area contributed by atoms with Gasteiger partial charge in [-0.05, 0) is 38.8 Å². The van der Waals surface area contributed by atoms with Crippen LogP contribution >= 0.6 is 11.3 Å². The normalized spacial score (nSPS) is 24.9. The minimum Gasteiger partial charge on any atom is -0.298 e. The molecule has 0 atom stereocenters. The van der Waals surface area contributed by atoms with Crippen molar-refractivity contribution in [1.29, 1.82) is 0 Å². The van der Waals surface area contributed by atoms with Gasteiger partial charge in [0.15, 0.2) is 0 Å². The van der Waals surface area contributed by atoms with Gasteiger partial charge in [-0.3, -0.25) is 9.80 Å². The number of nitrogens with zero attached hydrogens (tertiary/aromatic N) is 3. The van der Waals surface area contributed by atoms with E-state index in [1.807, 2.05) is 6.20 Å². The molecule has 3 heterocycles. The molecule has 0 aliphatic carbocycles. The number of hydrogen-bond donors (Lipinski definition) is 0. The van der Waals surface area contributed by atoms with Crippen molar-refractivity contribution in [3.63, 3.8) is 0 Å². The summed E-state index contributed by atoms with van der Waals surface area (Å²) in [5.41, 5.74) is 0.550. The fourth-order valence-electron chi connectivity index (χ4n) is 3.70. The predicted molar refractivity (Wildman–Crippen MR) is 75.8 cm³/mol. The SMILES string of the molecule is CCN1CCCC12CCN(Cc1nccs1)CC2. The molecule has 0 radical (unpaired) electrons. The van der Waals surface area contributed by atoms with Gasteiger partial charge in [0.05, 0.1) is 6.54 Å². The lowest BCUT2D eigenvalue weighted by Gasteiger charge is -2.44. The number of likely N-dealkylation sites (tertiary alicyclic amines) is 2. The summed E-state index contributed by atoms with van der Waals surface area (Å²) in [6.45, 7) is 8.41. The topological polar surface area (TPSA) is 19.4 Å². The zero-order valence-corrected chi connectivity index (χ0v) is 12.1.